The summed E-state index contributed by atoms with van der Waals surface area (Å²) >= 11 is 0. The first-order valence-corrected chi connectivity index (χ1v) is 6.24. The molecule has 0 fully saturated rings. The van der Waals surface area contributed by atoms with Crippen LogP contribution in [0.5, 0.6) is 0 Å². The SMILES string of the molecule is CCC(CC)(CN)C(=O)N(C)c1cccc(F)c1. The molecule has 0 aliphatic carbocycles. The summed E-state index contributed by atoms with van der Waals surface area (Å²) in [5, 5.41) is 0. The van der Waals surface area contributed by atoms with Crippen molar-refractivity contribution in [2.24, 2.45) is 11.1 Å². The predicted molar refractivity (Wildman–Crippen MR) is 71.9 cm³/mol. The molecule has 0 aromatic heterocycles. The fourth-order valence-electron chi connectivity index (χ4n) is 2.09. The van der Waals surface area contributed by atoms with E-state index in [9.17, 15) is 9.18 Å². The van der Waals surface area contributed by atoms with Crippen molar-refractivity contribution in [3.05, 3.63) is 30.1 Å². The molecular weight excluding hydrogens is 231 g/mol. The molecule has 1 aromatic carbocycles. The van der Waals surface area contributed by atoms with Gasteiger partial charge in [-0.2, -0.15) is 0 Å². The van der Waals surface area contributed by atoms with Crippen LogP contribution in [0.1, 0.15) is 26.7 Å². The Balaban J connectivity index is 3.03. The van der Waals surface area contributed by atoms with Crippen LogP contribution in [0.4, 0.5) is 10.1 Å². The molecule has 3 nitrogen and oxygen atoms in total. The maximum Gasteiger partial charge on any atom is 0.234 e. The van der Waals surface area contributed by atoms with Gasteiger partial charge < -0.3 is 10.6 Å². The number of carbonyl (C=O) groups is 1. The highest BCUT2D eigenvalue weighted by molar-refractivity contribution is 5.97. The average molecular weight is 252 g/mol. The molecule has 0 heterocycles. The van der Waals surface area contributed by atoms with Crippen LogP contribution in [-0.4, -0.2) is 19.5 Å². The number of anilines is 1. The monoisotopic (exact) mass is 252 g/mol. The summed E-state index contributed by atoms with van der Waals surface area (Å²) in [6, 6.07) is 6.02. The lowest BCUT2D eigenvalue weighted by Gasteiger charge is -2.33. The topological polar surface area (TPSA) is 46.3 Å². The van der Waals surface area contributed by atoms with E-state index in [-0.39, 0.29) is 11.7 Å². The lowest BCUT2D eigenvalue weighted by atomic mass is 9.81. The number of nitrogens with zero attached hydrogens (tertiary/aromatic N) is 1. The van der Waals surface area contributed by atoms with E-state index < -0.39 is 5.41 Å². The maximum atomic E-state index is 13.2. The van der Waals surface area contributed by atoms with Gasteiger partial charge in [0.1, 0.15) is 5.82 Å². The van der Waals surface area contributed by atoms with Gasteiger partial charge >= 0.3 is 0 Å². The molecule has 1 aromatic rings. The number of carbonyl (C=O) groups excluding carboxylic acids is 1. The molecule has 100 valence electrons. The largest absolute Gasteiger partial charge is 0.329 e. The number of rotatable bonds is 5. The van der Waals surface area contributed by atoms with Crippen LogP contribution in [0.25, 0.3) is 0 Å². The maximum absolute atomic E-state index is 13.2. The first-order valence-electron chi connectivity index (χ1n) is 6.24. The summed E-state index contributed by atoms with van der Waals surface area (Å²) in [5.74, 6) is -0.404. The predicted octanol–water partition coefficient (Wildman–Crippen LogP) is 2.55. The molecule has 0 radical (unpaired) electrons. The normalized spacial score (nSPS) is 11.4. The van der Waals surface area contributed by atoms with Crippen molar-refractivity contribution in [2.45, 2.75) is 26.7 Å². The first kappa shape index (κ1) is 14.6. The number of benzene rings is 1. The highest BCUT2D eigenvalue weighted by Crippen LogP contribution is 2.29. The number of amides is 1. The van der Waals surface area contributed by atoms with Crippen molar-refractivity contribution >= 4 is 11.6 Å². The Morgan fingerprint density at radius 3 is 2.44 bits per heavy atom. The lowest BCUT2D eigenvalue weighted by Crippen LogP contribution is -2.46. The summed E-state index contributed by atoms with van der Waals surface area (Å²) in [5.41, 5.74) is 5.75. The van der Waals surface area contributed by atoms with Crippen LogP contribution in [0, 0.1) is 11.2 Å². The summed E-state index contributed by atoms with van der Waals surface area (Å²) in [6.07, 6.45) is 1.36. The molecule has 2 N–H and O–H groups in total. The van der Waals surface area contributed by atoms with Crippen molar-refractivity contribution in [2.75, 3.05) is 18.5 Å². The summed E-state index contributed by atoms with van der Waals surface area (Å²) in [7, 11) is 1.66. The second kappa shape index (κ2) is 5.96. The van der Waals surface area contributed by atoms with E-state index in [0.29, 0.717) is 25.1 Å². The van der Waals surface area contributed by atoms with Gasteiger partial charge in [0, 0.05) is 19.3 Å². The third kappa shape index (κ3) is 2.70. The van der Waals surface area contributed by atoms with E-state index in [0.717, 1.165) is 0 Å². The molecule has 18 heavy (non-hydrogen) atoms. The van der Waals surface area contributed by atoms with E-state index in [1.807, 2.05) is 13.8 Å². The van der Waals surface area contributed by atoms with E-state index >= 15 is 0 Å². The van der Waals surface area contributed by atoms with Gasteiger partial charge in [-0.15, -0.1) is 0 Å². The second-order valence-corrected chi connectivity index (χ2v) is 4.54. The number of hydrogen-bond acceptors (Lipinski definition) is 2. The Morgan fingerprint density at radius 1 is 1.39 bits per heavy atom. The molecule has 0 spiro atoms. The summed E-state index contributed by atoms with van der Waals surface area (Å²) in [6.45, 7) is 4.21. The van der Waals surface area contributed by atoms with Crippen molar-refractivity contribution in [1.29, 1.82) is 0 Å². The lowest BCUT2D eigenvalue weighted by molar-refractivity contribution is -0.127. The molecule has 0 saturated carbocycles. The van der Waals surface area contributed by atoms with E-state index in [2.05, 4.69) is 0 Å². The van der Waals surface area contributed by atoms with Crippen LogP contribution >= 0.6 is 0 Å². The zero-order valence-electron chi connectivity index (χ0n) is 11.2. The van der Waals surface area contributed by atoms with Crippen molar-refractivity contribution in [3.63, 3.8) is 0 Å². The van der Waals surface area contributed by atoms with Crippen molar-refractivity contribution in [3.8, 4) is 0 Å². The fraction of sp³-hybridized carbons (Fsp3) is 0.500. The van der Waals surface area contributed by atoms with E-state index in [4.69, 9.17) is 5.73 Å². The highest BCUT2D eigenvalue weighted by atomic mass is 19.1. The minimum atomic E-state index is -0.554. The fourth-order valence-corrected chi connectivity index (χ4v) is 2.09. The third-order valence-electron chi connectivity index (χ3n) is 3.70. The Morgan fingerprint density at radius 2 is 2.00 bits per heavy atom. The van der Waals surface area contributed by atoms with E-state index in [1.54, 1.807) is 19.2 Å². The van der Waals surface area contributed by atoms with Gasteiger partial charge in [0.25, 0.3) is 0 Å². The van der Waals surface area contributed by atoms with Crippen molar-refractivity contribution < 1.29 is 9.18 Å². The summed E-state index contributed by atoms with van der Waals surface area (Å²) in [4.78, 5) is 14.0. The van der Waals surface area contributed by atoms with Gasteiger partial charge in [0.15, 0.2) is 0 Å². The summed E-state index contributed by atoms with van der Waals surface area (Å²) < 4.78 is 13.2. The van der Waals surface area contributed by atoms with Gasteiger partial charge in [-0.1, -0.05) is 19.9 Å². The average Bonchev–Trinajstić information content (AvgIpc) is 2.40. The third-order valence-corrected chi connectivity index (χ3v) is 3.70. The Kier molecular flexibility index (Phi) is 4.84. The molecule has 0 atom stereocenters. The minimum absolute atomic E-state index is 0.0550. The van der Waals surface area contributed by atoms with Crippen LogP contribution in [0.15, 0.2) is 24.3 Å². The molecule has 0 bridgehead atoms. The van der Waals surface area contributed by atoms with Crippen molar-refractivity contribution in [1.82, 2.24) is 0 Å². The first-order chi connectivity index (χ1) is 8.50. The molecule has 0 aliphatic heterocycles. The molecular formula is C14H21FN2O. The standard InChI is InChI=1S/C14H21FN2O/c1-4-14(5-2,10-16)13(18)17(3)12-8-6-7-11(15)9-12/h6-9H,4-5,10,16H2,1-3H3. The van der Waals surface area contributed by atoms with E-state index in [1.165, 1.54) is 17.0 Å². The molecule has 0 saturated heterocycles. The van der Waals surface area contributed by atoms with Crippen LogP contribution in [0.2, 0.25) is 0 Å². The molecule has 0 unspecified atom stereocenters. The van der Waals surface area contributed by atoms with Gasteiger partial charge in [-0.05, 0) is 31.0 Å². The van der Waals surface area contributed by atoms with Gasteiger partial charge in [0.05, 0.1) is 5.41 Å². The van der Waals surface area contributed by atoms with Crippen LogP contribution in [0.3, 0.4) is 0 Å². The molecule has 4 heteroatoms. The molecule has 1 amide bonds. The second-order valence-electron chi connectivity index (χ2n) is 4.54. The minimum Gasteiger partial charge on any atom is -0.329 e. The smallest absolute Gasteiger partial charge is 0.234 e. The Hall–Kier alpha value is -1.42. The quantitative estimate of drug-likeness (QED) is 0.875. The highest BCUT2D eigenvalue weighted by Gasteiger charge is 2.36. The number of nitrogens with two attached hydrogens (primary N) is 1. The number of hydrogen-bond donors (Lipinski definition) is 1. The Bertz CT molecular complexity index is 408. The number of halogens is 1. The van der Waals surface area contributed by atoms with Crippen LogP contribution in [-0.2, 0) is 4.79 Å². The van der Waals surface area contributed by atoms with Gasteiger partial charge in [-0.3, -0.25) is 4.79 Å². The molecule has 0 aliphatic rings. The van der Waals surface area contributed by atoms with Crippen LogP contribution < -0.4 is 10.6 Å². The Labute approximate surface area is 108 Å². The zero-order chi connectivity index (χ0) is 13.8. The molecule has 1 rings (SSSR count). The van der Waals surface area contributed by atoms with Gasteiger partial charge in [-0.25, -0.2) is 4.39 Å². The van der Waals surface area contributed by atoms with Gasteiger partial charge in [0.2, 0.25) is 5.91 Å². The zero-order valence-corrected chi connectivity index (χ0v) is 11.2.